The number of imide groups is 1. The van der Waals surface area contributed by atoms with Crippen LogP contribution in [0, 0.1) is 0 Å². The molecule has 0 unspecified atom stereocenters. The van der Waals surface area contributed by atoms with Crippen molar-refractivity contribution in [3.05, 3.63) is 35.4 Å². The number of piperidine rings is 1. The highest BCUT2D eigenvalue weighted by molar-refractivity contribution is 6.21. The summed E-state index contributed by atoms with van der Waals surface area (Å²) in [5.74, 6) is -0.373. The number of hydrogen-bond donors (Lipinski definition) is 1. The molecule has 1 N–H and O–H groups in total. The van der Waals surface area contributed by atoms with E-state index in [1.54, 1.807) is 24.3 Å². The molecule has 21 heavy (non-hydrogen) atoms. The number of ether oxygens (including phenoxy) is 1. The second-order valence-electron chi connectivity index (χ2n) is 5.96. The molecule has 2 aliphatic heterocycles. The number of nitrogens with zero attached hydrogens (tertiary/aromatic N) is 1. The normalized spacial score (nSPS) is 28.9. The molecule has 5 heteroatoms. The molecule has 0 aromatic heterocycles. The molecule has 1 aromatic rings. The Hall–Kier alpha value is -1.72. The van der Waals surface area contributed by atoms with Gasteiger partial charge in [0.1, 0.15) is 0 Å². The summed E-state index contributed by atoms with van der Waals surface area (Å²) in [6.45, 7) is 1.49. The Morgan fingerprint density at radius 3 is 2.33 bits per heavy atom. The highest BCUT2D eigenvalue weighted by Gasteiger charge is 2.44. The van der Waals surface area contributed by atoms with E-state index in [0.717, 1.165) is 25.8 Å². The minimum absolute atomic E-state index is 0.0408. The number of amides is 2. The summed E-state index contributed by atoms with van der Waals surface area (Å²) in [4.78, 5) is 26.6. The summed E-state index contributed by atoms with van der Waals surface area (Å²) < 4.78 is 6.04. The Balaban J connectivity index is 1.62. The fourth-order valence-corrected chi connectivity index (χ4v) is 3.19. The van der Waals surface area contributed by atoms with E-state index in [4.69, 9.17) is 4.74 Å². The number of nitrogens with one attached hydrogen (secondary N) is 1. The van der Waals surface area contributed by atoms with Crippen LogP contribution in [0.2, 0.25) is 0 Å². The third kappa shape index (κ3) is 2.17. The van der Waals surface area contributed by atoms with Gasteiger partial charge in [-0.3, -0.25) is 14.5 Å². The van der Waals surface area contributed by atoms with Gasteiger partial charge in [-0.05, 0) is 37.9 Å². The van der Waals surface area contributed by atoms with Gasteiger partial charge in [-0.2, -0.15) is 0 Å². The maximum absolute atomic E-state index is 12.6. The van der Waals surface area contributed by atoms with Gasteiger partial charge in [-0.1, -0.05) is 12.1 Å². The third-order valence-corrected chi connectivity index (χ3v) is 4.44. The Kier molecular flexibility index (Phi) is 3.05. The van der Waals surface area contributed by atoms with E-state index < -0.39 is 0 Å². The second kappa shape index (κ2) is 4.93. The monoisotopic (exact) mass is 286 g/mol. The van der Waals surface area contributed by atoms with Crippen molar-refractivity contribution < 1.29 is 14.3 Å². The predicted molar refractivity (Wildman–Crippen MR) is 76.1 cm³/mol. The van der Waals surface area contributed by atoms with E-state index in [1.807, 2.05) is 0 Å². The van der Waals surface area contributed by atoms with Crippen molar-refractivity contribution in [3.8, 4) is 0 Å². The average Bonchev–Trinajstić information content (AvgIpc) is 3.29. The molecule has 2 amide bonds. The van der Waals surface area contributed by atoms with Gasteiger partial charge >= 0.3 is 0 Å². The first-order valence-corrected chi connectivity index (χ1v) is 7.59. The lowest BCUT2D eigenvalue weighted by molar-refractivity contribution is -0.0267. The zero-order valence-electron chi connectivity index (χ0n) is 11.7. The molecule has 0 bridgehead atoms. The third-order valence-electron chi connectivity index (χ3n) is 4.44. The lowest BCUT2D eigenvalue weighted by Crippen LogP contribution is -2.56. The van der Waals surface area contributed by atoms with Crippen LogP contribution < -0.4 is 5.32 Å². The molecule has 2 heterocycles. The first-order valence-electron chi connectivity index (χ1n) is 7.59. The Morgan fingerprint density at radius 2 is 1.71 bits per heavy atom. The number of carbonyl (C=O) groups is 2. The van der Waals surface area contributed by atoms with Gasteiger partial charge in [0.15, 0.2) is 0 Å². The fraction of sp³-hybridized carbons (Fsp3) is 0.500. The molecule has 2 atom stereocenters. The van der Waals surface area contributed by atoms with Crippen LogP contribution in [0.15, 0.2) is 24.3 Å². The fourth-order valence-electron chi connectivity index (χ4n) is 3.19. The molecule has 0 spiro atoms. The lowest BCUT2D eigenvalue weighted by Gasteiger charge is -2.37. The van der Waals surface area contributed by atoms with Crippen LogP contribution in [0.25, 0.3) is 0 Å². The van der Waals surface area contributed by atoms with Crippen LogP contribution in [0.3, 0.4) is 0 Å². The van der Waals surface area contributed by atoms with E-state index in [0.29, 0.717) is 23.8 Å². The number of benzene rings is 1. The summed E-state index contributed by atoms with van der Waals surface area (Å²) in [6, 6.07) is 6.84. The van der Waals surface area contributed by atoms with Gasteiger partial charge < -0.3 is 10.1 Å². The molecular formula is C16H18N2O3. The average molecular weight is 286 g/mol. The van der Waals surface area contributed by atoms with Crippen LogP contribution in [-0.2, 0) is 4.74 Å². The zero-order chi connectivity index (χ0) is 14.4. The largest absolute Gasteiger partial charge is 0.373 e. The van der Waals surface area contributed by atoms with Gasteiger partial charge in [0.2, 0.25) is 0 Å². The van der Waals surface area contributed by atoms with Gasteiger partial charge in [0, 0.05) is 6.54 Å². The smallest absolute Gasteiger partial charge is 0.261 e. The number of hydrogen-bond acceptors (Lipinski definition) is 4. The SMILES string of the molecule is O=C1c2ccccc2C(=O)N1[C@H]1CNCC[C@H]1OC1CC1. The van der Waals surface area contributed by atoms with Crippen LogP contribution in [0.4, 0.5) is 0 Å². The molecular weight excluding hydrogens is 268 g/mol. The van der Waals surface area contributed by atoms with Crippen LogP contribution >= 0.6 is 0 Å². The lowest BCUT2D eigenvalue weighted by atomic mass is 10.0. The van der Waals surface area contributed by atoms with E-state index in [-0.39, 0.29) is 24.0 Å². The summed E-state index contributed by atoms with van der Waals surface area (Å²) in [6.07, 6.45) is 3.32. The molecule has 5 nitrogen and oxygen atoms in total. The maximum Gasteiger partial charge on any atom is 0.261 e. The van der Waals surface area contributed by atoms with Gasteiger partial charge in [-0.25, -0.2) is 0 Å². The maximum atomic E-state index is 12.6. The quantitative estimate of drug-likeness (QED) is 0.848. The molecule has 1 aromatic carbocycles. The standard InChI is InChI=1S/C16H18N2O3/c19-15-11-3-1-2-4-12(11)16(20)18(15)13-9-17-8-7-14(13)21-10-5-6-10/h1-4,10,13-14,17H,5-9H2/t13-,14+/m0/s1. The van der Waals surface area contributed by atoms with Crippen LogP contribution in [0.1, 0.15) is 40.0 Å². The minimum atomic E-state index is -0.202. The van der Waals surface area contributed by atoms with Gasteiger partial charge in [-0.15, -0.1) is 0 Å². The number of fused-ring (bicyclic) bond motifs is 1. The van der Waals surface area contributed by atoms with Crippen molar-refractivity contribution in [1.82, 2.24) is 10.2 Å². The topological polar surface area (TPSA) is 58.6 Å². The van der Waals surface area contributed by atoms with Crippen LogP contribution in [-0.4, -0.2) is 48.1 Å². The highest BCUT2D eigenvalue weighted by atomic mass is 16.5. The Morgan fingerprint density at radius 1 is 1.05 bits per heavy atom. The Labute approximate surface area is 123 Å². The molecule has 110 valence electrons. The minimum Gasteiger partial charge on any atom is -0.373 e. The first kappa shape index (κ1) is 13.0. The molecule has 1 aliphatic carbocycles. The number of carbonyl (C=O) groups excluding carboxylic acids is 2. The van der Waals surface area contributed by atoms with E-state index in [2.05, 4.69) is 5.32 Å². The molecule has 4 rings (SSSR count). The van der Waals surface area contributed by atoms with Gasteiger partial charge in [0.05, 0.1) is 29.4 Å². The second-order valence-corrected chi connectivity index (χ2v) is 5.96. The van der Waals surface area contributed by atoms with Crippen molar-refractivity contribution in [2.45, 2.75) is 37.5 Å². The molecule has 1 saturated heterocycles. The summed E-state index contributed by atoms with van der Waals surface area (Å²) in [7, 11) is 0. The molecule has 2 fully saturated rings. The van der Waals surface area contributed by atoms with Crippen LogP contribution in [0.5, 0.6) is 0 Å². The van der Waals surface area contributed by atoms with E-state index in [9.17, 15) is 9.59 Å². The molecule has 0 radical (unpaired) electrons. The zero-order valence-corrected chi connectivity index (χ0v) is 11.7. The molecule has 3 aliphatic rings. The van der Waals surface area contributed by atoms with Crippen molar-refractivity contribution in [2.24, 2.45) is 0 Å². The number of rotatable bonds is 3. The van der Waals surface area contributed by atoms with E-state index >= 15 is 0 Å². The van der Waals surface area contributed by atoms with Gasteiger partial charge in [0.25, 0.3) is 11.8 Å². The first-order chi connectivity index (χ1) is 10.3. The van der Waals surface area contributed by atoms with Crippen molar-refractivity contribution in [1.29, 1.82) is 0 Å². The summed E-state index contributed by atoms with van der Waals surface area (Å²) >= 11 is 0. The summed E-state index contributed by atoms with van der Waals surface area (Å²) in [5, 5.41) is 3.28. The van der Waals surface area contributed by atoms with Crippen molar-refractivity contribution in [3.63, 3.8) is 0 Å². The predicted octanol–water partition coefficient (Wildman–Crippen LogP) is 1.19. The summed E-state index contributed by atoms with van der Waals surface area (Å²) in [5.41, 5.74) is 1.02. The van der Waals surface area contributed by atoms with Crippen molar-refractivity contribution in [2.75, 3.05) is 13.1 Å². The Bertz CT molecular complexity index is 562. The van der Waals surface area contributed by atoms with Crippen molar-refractivity contribution >= 4 is 11.8 Å². The van der Waals surface area contributed by atoms with E-state index in [1.165, 1.54) is 4.90 Å². The highest BCUT2D eigenvalue weighted by Crippen LogP contribution is 2.31. The molecule has 1 saturated carbocycles.